The molecule has 2 N–H and O–H groups in total. The highest BCUT2D eigenvalue weighted by molar-refractivity contribution is 7.89. The third kappa shape index (κ3) is 3.35. The summed E-state index contributed by atoms with van der Waals surface area (Å²) in [7, 11) is -3.53. The summed E-state index contributed by atoms with van der Waals surface area (Å²) in [4.78, 5) is 0.207. The van der Waals surface area contributed by atoms with E-state index in [9.17, 15) is 8.42 Å². The quantitative estimate of drug-likeness (QED) is 0.858. The number of nitrogens with zero attached hydrogens (tertiary/aromatic N) is 1. The lowest BCUT2D eigenvalue weighted by molar-refractivity contribution is 0.239. The van der Waals surface area contributed by atoms with Gasteiger partial charge in [0.25, 0.3) is 0 Å². The van der Waals surface area contributed by atoms with Gasteiger partial charge in [-0.2, -0.15) is 4.31 Å². The molecule has 0 saturated carbocycles. The molecule has 1 unspecified atom stereocenters. The molecule has 1 heterocycles. The van der Waals surface area contributed by atoms with E-state index in [-0.39, 0.29) is 10.9 Å². The number of piperidine rings is 1. The maximum atomic E-state index is 12.9. The van der Waals surface area contributed by atoms with Crippen molar-refractivity contribution in [3.63, 3.8) is 0 Å². The molecule has 1 aliphatic rings. The molecule has 21 heavy (non-hydrogen) atoms. The van der Waals surface area contributed by atoms with E-state index in [2.05, 4.69) is 6.92 Å². The van der Waals surface area contributed by atoms with Crippen LogP contribution in [0, 0.1) is 6.92 Å². The Bertz CT molecular complexity index is 591. The number of nitrogen functional groups attached to an aromatic ring is 1. The van der Waals surface area contributed by atoms with Gasteiger partial charge in [0, 0.05) is 23.3 Å². The Morgan fingerprint density at radius 3 is 2.71 bits per heavy atom. The SMILES string of the molecule is CCCC1CCCCN1S(=O)(=O)c1cc(N)c(C)c(Cl)c1. The third-order valence-electron chi connectivity index (χ3n) is 4.16. The number of benzene rings is 1. The molecule has 0 amide bonds. The van der Waals surface area contributed by atoms with Gasteiger partial charge in [-0.15, -0.1) is 0 Å². The number of anilines is 1. The summed E-state index contributed by atoms with van der Waals surface area (Å²) >= 11 is 6.10. The van der Waals surface area contributed by atoms with Crippen molar-refractivity contribution in [3.8, 4) is 0 Å². The molecule has 1 aromatic rings. The summed E-state index contributed by atoms with van der Waals surface area (Å²) in [5.41, 5.74) is 7.02. The maximum Gasteiger partial charge on any atom is 0.243 e. The first-order chi connectivity index (χ1) is 9.87. The van der Waals surface area contributed by atoms with Crippen LogP contribution in [0.15, 0.2) is 17.0 Å². The van der Waals surface area contributed by atoms with Crippen LogP contribution in [0.5, 0.6) is 0 Å². The van der Waals surface area contributed by atoms with Gasteiger partial charge in [-0.3, -0.25) is 0 Å². The highest BCUT2D eigenvalue weighted by atomic mass is 35.5. The van der Waals surface area contributed by atoms with Gasteiger partial charge in [0.2, 0.25) is 10.0 Å². The molecule has 1 saturated heterocycles. The highest BCUT2D eigenvalue weighted by Gasteiger charge is 2.33. The van der Waals surface area contributed by atoms with Crippen molar-refractivity contribution < 1.29 is 8.42 Å². The second kappa shape index (κ2) is 6.55. The van der Waals surface area contributed by atoms with Crippen molar-refractivity contribution in [3.05, 3.63) is 22.7 Å². The Hall–Kier alpha value is -0.780. The summed E-state index contributed by atoms with van der Waals surface area (Å²) in [5.74, 6) is 0. The summed E-state index contributed by atoms with van der Waals surface area (Å²) < 4.78 is 27.4. The number of sulfonamides is 1. The minimum Gasteiger partial charge on any atom is -0.398 e. The van der Waals surface area contributed by atoms with E-state index in [1.165, 1.54) is 12.1 Å². The lowest BCUT2D eigenvalue weighted by atomic mass is 10.0. The Morgan fingerprint density at radius 2 is 2.10 bits per heavy atom. The monoisotopic (exact) mass is 330 g/mol. The number of rotatable bonds is 4. The molecule has 4 nitrogen and oxygen atoms in total. The predicted molar refractivity (Wildman–Crippen MR) is 87.0 cm³/mol. The molecule has 118 valence electrons. The van der Waals surface area contributed by atoms with Crippen LogP contribution in [0.3, 0.4) is 0 Å². The summed E-state index contributed by atoms with van der Waals surface area (Å²) in [6.45, 7) is 4.45. The van der Waals surface area contributed by atoms with Gasteiger partial charge in [-0.1, -0.05) is 31.4 Å². The Morgan fingerprint density at radius 1 is 1.38 bits per heavy atom. The highest BCUT2D eigenvalue weighted by Crippen LogP contribution is 2.31. The Labute approximate surface area is 132 Å². The second-order valence-electron chi connectivity index (χ2n) is 5.67. The van der Waals surface area contributed by atoms with Crippen LogP contribution in [0.1, 0.15) is 44.6 Å². The normalized spacial score (nSPS) is 20.6. The molecule has 1 fully saturated rings. The first-order valence-corrected chi connectivity index (χ1v) is 9.27. The fourth-order valence-electron chi connectivity index (χ4n) is 2.87. The van der Waals surface area contributed by atoms with Gasteiger partial charge in [-0.25, -0.2) is 8.42 Å². The van der Waals surface area contributed by atoms with E-state index in [4.69, 9.17) is 17.3 Å². The first kappa shape index (κ1) is 16.6. The average Bonchev–Trinajstić information content (AvgIpc) is 2.45. The maximum absolute atomic E-state index is 12.9. The topological polar surface area (TPSA) is 63.4 Å². The Balaban J connectivity index is 2.40. The molecule has 0 spiro atoms. The van der Waals surface area contributed by atoms with E-state index in [1.54, 1.807) is 11.2 Å². The zero-order valence-electron chi connectivity index (χ0n) is 12.6. The minimum atomic E-state index is -3.53. The zero-order chi connectivity index (χ0) is 15.6. The Kier molecular flexibility index (Phi) is 5.17. The average molecular weight is 331 g/mol. The van der Waals surface area contributed by atoms with Gasteiger partial charge in [0.05, 0.1) is 4.90 Å². The molecule has 1 aromatic carbocycles. The summed E-state index contributed by atoms with van der Waals surface area (Å²) in [6.07, 6.45) is 4.81. The molecular weight excluding hydrogens is 308 g/mol. The second-order valence-corrected chi connectivity index (χ2v) is 7.97. The van der Waals surface area contributed by atoms with Gasteiger partial charge in [0.1, 0.15) is 0 Å². The molecule has 2 rings (SSSR count). The fraction of sp³-hybridized carbons (Fsp3) is 0.600. The van der Waals surface area contributed by atoms with Crippen molar-refractivity contribution >= 4 is 27.3 Å². The molecule has 0 aliphatic carbocycles. The molecule has 0 radical (unpaired) electrons. The lowest BCUT2D eigenvalue weighted by Gasteiger charge is -2.34. The number of hydrogen-bond donors (Lipinski definition) is 1. The van der Waals surface area contributed by atoms with Crippen molar-refractivity contribution in [1.82, 2.24) is 4.31 Å². The van der Waals surface area contributed by atoms with Crippen LogP contribution in [-0.4, -0.2) is 25.3 Å². The van der Waals surface area contributed by atoms with Crippen molar-refractivity contribution in [1.29, 1.82) is 0 Å². The van der Waals surface area contributed by atoms with Gasteiger partial charge < -0.3 is 5.73 Å². The molecule has 0 aromatic heterocycles. The van der Waals surface area contributed by atoms with E-state index < -0.39 is 10.0 Å². The molecule has 1 aliphatic heterocycles. The molecule has 6 heteroatoms. The van der Waals surface area contributed by atoms with Crippen LogP contribution in [0.2, 0.25) is 5.02 Å². The smallest absolute Gasteiger partial charge is 0.243 e. The standard InChI is InChI=1S/C15H23ClN2O2S/c1-3-6-12-7-4-5-8-18(12)21(19,20)13-9-14(16)11(2)15(17)10-13/h9-10,12H,3-8,17H2,1-2H3. The summed E-state index contributed by atoms with van der Waals surface area (Å²) in [5, 5.41) is 0.401. The van der Waals surface area contributed by atoms with Gasteiger partial charge in [-0.05, 0) is 43.9 Å². The fourth-order valence-corrected chi connectivity index (χ4v) is 4.95. The van der Waals surface area contributed by atoms with Crippen molar-refractivity contribution in [2.45, 2.75) is 56.9 Å². The largest absolute Gasteiger partial charge is 0.398 e. The molecule has 1 atom stereocenters. The van der Waals surface area contributed by atoms with Crippen LogP contribution in [-0.2, 0) is 10.0 Å². The number of hydrogen-bond acceptors (Lipinski definition) is 3. The van der Waals surface area contributed by atoms with Crippen molar-refractivity contribution in [2.75, 3.05) is 12.3 Å². The van der Waals surface area contributed by atoms with E-state index >= 15 is 0 Å². The lowest BCUT2D eigenvalue weighted by Crippen LogP contribution is -2.43. The van der Waals surface area contributed by atoms with E-state index in [0.717, 1.165) is 37.7 Å². The minimum absolute atomic E-state index is 0.0926. The molecule has 0 bridgehead atoms. The third-order valence-corrected chi connectivity index (χ3v) is 6.48. The number of nitrogens with two attached hydrogens (primary N) is 1. The first-order valence-electron chi connectivity index (χ1n) is 7.45. The van der Waals surface area contributed by atoms with Crippen LogP contribution < -0.4 is 5.73 Å². The van der Waals surface area contributed by atoms with Crippen molar-refractivity contribution in [2.24, 2.45) is 0 Å². The van der Waals surface area contributed by atoms with Crippen LogP contribution in [0.4, 0.5) is 5.69 Å². The predicted octanol–water partition coefficient (Wildman–Crippen LogP) is 3.57. The van der Waals surface area contributed by atoms with E-state index in [1.807, 2.05) is 0 Å². The van der Waals surface area contributed by atoms with Gasteiger partial charge in [0.15, 0.2) is 0 Å². The van der Waals surface area contributed by atoms with E-state index in [0.29, 0.717) is 17.3 Å². The number of halogens is 1. The van der Waals surface area contributed by atoms with Crippen LogP contribution in [0.25, 0.3) is 0 Å². The van der Waals surface area contributed by atoms with Gasteiger partial charge >= 0.3 is 0 Å². The summed E-state index contributed by atoms with van der Waals surface area (Å²) in [6, 6.07) is 3.13. The zero-order valence-corrected chi connectivity index (χ0v) is 14.2. The van der Waals surface area contributed by atoms with Crippen LogP contribution >= 0.6 is 11.6 Å². The molecular formula is C15H23ClN2O2S.